The predicted octanol–water partition coefficient (Wildman–Crippen LogP) is 3.73. The van der Waals surface area contributed by atoms with E-state index < -0.39 is 23.4 Å². The van der Waals surface area contributed by atoms with Gasteiger partial charge in [0.15, 0.2) is 0 Å². The molecule has 19 heavy (non-hydrogen) atoms. The van der Waals surface area contributed by atoms with E-state index >= 15 is 0 Å². The molecule has 1 N–H and O–H groups in total. The maximum atomic E-state index is 13.5. The number of halogens is 3. The van der Waals surface area contributed by atoms with Crippen LogP contribution in [0.4, 0.5) is 4.39 Å². The van der Waals surface area contributed by atoms with Crippen molar-refractivity contribution in [2.75, 3.05) is 7.11 Å². The van der Waals surface area contributed by atoms with E-state index in [1.54, 1.807) is 20.8 Å². The van der Waals surface area contributed by atoms with Crippen molar-refractivity contribution >= 4 is 29.2 Å². The molecule has 0 amide bonds. The van der Waals surface area contributed by atoms with Crippen LogP contribution in [0.1, 0.15) is 32.4 Å². The molecule has 0 radical (unpaired) electrons. The number of hydrogen-bond acceptors (Lipinski definition) is 3. The largest absolute Gasteiger partial charge is 0.468 e. The number of hydrogen-bond donors (Lipinski definition) is 1. The van der Waals surface area contributed by atoms with Crippen LogP contribution in [-0.2, 0) is 9.53 Å². The second-order valence-corrected chi connectivity index (χ2v) is 5.52. The highest BCUT2D eigenvalue weighted by Gasteiger charge is 2.31. The summed E-state index contributed by atoms with van der Waals surface area (Å²) in [5.74, 6) is -0.978. The summed E-state index contributed by atoms with van der Waals surface area (Å²) in [6.07, 6.45) is 0. The van der Waals surface area contributed by atoms with Gasteiger partial charge in [-0.3, -0.25) is 10.1 Å². The van der Waals surface area contributed by atoms with Gasteiger partial charge in [0.1, 0.15) is 11.4 Å². The van der Waals surface area contributed by atoms with Crippen LogP contribution in [-0.4, -0.2) is 18.6 Å². The normalized spacial score (nSPS) is 13.2. The Morgan fingerprint density at radius 1 is 1.42 bits per heavy atom. The van der Waals surface area contributed by atoms with Gasteiger partial charge in [-0.15, -0.1) is 0 Å². The topological polar surface area (TPSA) is 38.3 Å². The van der Waals surface area contributed by atoms with E-state index in [4.69, 9.17) is 27.9 Å². The highest BCUT2D eigenvalue weighted by molar-refractivity contribution is 6.36. The molecule has 0 bridgehead atoms. The van der Waals surface area contributed by atoms with Gasteiger partial charge in [0, 0.05) is 16.6 Å². The van der Waals surface area contributed by atoms with E-state index in [-0.39, 0.29) is 5.02 Å². The van der Waals surface area contributed by atoms with Crippen LogP contribution in [0.2, 0.25) is 10.0 Å². The number of carbonyl (C=O) groups excluding carboxylic acids is 1. The summed E-state index contributed by atoms with van der Waals surface area (Å²) < 4.78 is 18.2. The minimum Gasteiger partial charge on any atom is -0.468 e. The third-order valence-corrected chi connectivity index (χ3v) is 3.50. The van der Waals surface area contributed by atoms with Gasteiger partial charge in [0.2, 0.25) is 0 Å². The molecule has 1 rings (SSSR count). The lowest BCUT2D eigenvalue weighted by Crippen LogP contribution is -2.48. The summed E-state index contributed by atoms with van der Waals surface area (Å²) in [6, 6.07) is 2.22. The molecule has 0 heterocycles. The molecule has 0 aliphatic rings. The summed E-state index contributed by atoms with van der Waals surface area (Å²) in [5, 5.41) is 3.31. The van der Waals surface area contributed by atoms with E-state index in [1.165, 1.54) is 19.2 Å². The molecule has 1 aromatic carbocycles. The summed E-state index contributed by atoms with van der Waals surface area (Å²) in [7, 11) is 1.30. The molecular formula is C13H16Cl2FNO2. The molecule has 1 atom stereocenters. The third-order valence-electron chi connectivity index (χ3n) is 2.79. The highest BCUT2D eigenvalue weighted by atomic mass is 35.5. The second-order valence-electron chi connectivity index (χ2n) is 4.74. The Morgan fingerprint density at radius 3 is 2.53 bits per heavy atom. The first-order chi connectivity index (χ1) is 8.70. The van der Waals surface area contributed by atoms with Crippen molar-refractivity contribution in [3.05, 3.63) is 33.6 Å². The molecule has 0 saturated heterocycles. The number of rotatable bonds is 4. The zero-order valence-electron chi connectivity index (χ0n) is 11.2. The standard InChI is InChI=1S/C13H16Cl2FNO2/c1-7(17-13(2,3)12(18)19-4)10-8(14)5-6-9(16)11(10)15/h5-7,17H,1-4H3. The van der Waals surface area contributed by atoms with Crippen LogP contribution >= 0.6 is 23.2 Å². The molecule has 0 fully saturated rings. The van der Waals surface area contributed by atoms with Crippen molar-refractivity contribution in [3.8, 4) is 0 Å². The molecular weight excluding hydrogens is 292 g/mol. The first kappa shape index (κ1) is 16.2. The molecule has 106 valence electrons. The van der Waals surface area contributed by atoms with Crippen molar-refractivity contribution in [3.63, 3.8) is 0 Å². The Kier molecular flexibility index (Phi) is 5.18. The lowest BCUT2D eigenvalue weighted by molar-refractivity contribution is -0.147. The molecule has 1 unspecified atom stereocenters. The van der Waals surface area contributed by atoms with Gasteiger partial charge in [-0.25, -0.2) is 4.39 Å². The Hall–Kier alpha value is -0.840. The van der Waals surface area contributed by atoms with E-state index in [9.17, 15) is 9.18 Å². The zero-order valence-corrected chi connectivity index (χ0v) is 12.7. The molecule has 0 aliphatic heterocycles. The van der Waals surface area contributed by atoms with Gasteiger partial charge in [0.25, 0.3) is 0 Å². The fourth-order valence-electron chi connectivity index (χ4n) is 1.87. The van der Waals surface area contributed by atoms with Crippen molar-refractivity contribution < 1.29 is 13.9 Å². The van der Waals surface area contributed by atoms with Gasteiger partial charge < -0.3 is 4.74 Å². The summed E-state index contributed by atoms with van der Waals surface area (Å²) in [4.78, 5) is 11.6. The summed E-state index contributed by atoms with van der Waals surface area (Å²) in [6.45, 7) is 5.07. The molecule has 6 heteroatoms. The SMILES string of the molecule is COC(=O)C(C)(C)NC(C)c1c(Cl)ccc(F)c1Cl. The Morgan fingerprint density at radius 2 is 2.00 bits per heavy atom. The van der Waals surface area contributed by atoms with Gasteiger partial charge in [0.05, 0.1) is 12.1 Å². The van der Waals surface area contributed by atoms with Crippen molar-refractivity contribution in [2.45, 2.75) is 32.4 Å². The molecule has 0 aliphatic carbocycles. The lowest BCUT2D eigenvalue weighted by atomic mass is 10.0. The number of benzene rings is 1. The van der Waals surface area contributed by atoms with E-state index in [0.717, 1.165) is 0 Å². The second kappa shape index (κ2) is 6.07. The van der Waals surface area contributed by atoms with Crippen LogP contribution in [0.15, 0.2) is 12.1 Å². The number of nitrogens with one attached hydrogen (secondary N) is 1. The smallest absolute Gasteiger partial charge is 0.325 e. The fourth-order valence-corrected chi connectivity index (χ4v) is 2.57. The van der Waals surface area contributed by atoms with Gasteiger partial charge in [-0.1, -0.05) is 23.2 Å². The fraction of sp³-hybridized carbons (Fsp3) is 0.462. The van der Waals surface area contributed by atoms with Crippen molar-refractivity contribution in [1.82, 2.24) is 5.32 Å². The van der Waals surface area contributed by atoms with Crippen LogP contribution in [0.3, 0.4) is 0 Å². The quantitative estimate of drug-likeness (QED) is 0.680. The molecule has 0 aromatic heterocycles. The summed E-state index contributed by atoms with van der Waals surface area (Å²) >= 11 is 12.0. The van der Waals surface area contributed by atoms with Crippen molar-refractivity contribution in [1.29, 1.82) is 0 Å². The average molecular weight is 308 g/mol. The van der Waals surface area contributed by atoms with E-state index in [0.29, 0.717) is 10.6 Å². The van der Waals surface area contributed by atoms with Crippen LogP contribution in [0.25, 0.3) is 0 Å². The molecule has 3 nitrogen and oxygen atoms in total. The Balaban J connectivity index is 3.05. The Labute approximate surface area is 122 Å². The van der Waals surface area contributed by atoms with Crippen molar-refractivity contribution in [2.24, 2.45) is 0 Å². The van der Waals surface area contributed by atoms with E-state index in [2.05, 4.69) is 5.32 Å². The molecule has 0 saturated carbocycles. The number of methoxy groups -OCH3 is 1. The van der Waals surface area contributed by atoms with Gasteiger partial charge >= 0.3 is 5.97 Å². The molecule has 1 aromatic rings. The van der Waals surface area contributed by atoms with Crippen LogP contribution in [0.5, 0.6) is 0 Å². The number of esters is 1. The van der Waals surface area contributed by atoms with E-state index in [1.807, 2.05) is 0 Å². The third kappa shape index (κ3) is 3.59. The van der Waals surface area contributed by atoms with Gasteiger partial charge in [-0.05, 0) is 32.9 Å². The summed E-state index contributed by atoms with van der Waals surface area (Å²) in [5.41, 5.74) is -0.520. The Bertz CT molecular complexity index is 492. The first-order valence-electron chi connectivity index (χ1n) is 5.70. The van der Waals surface area contributed by atoms with Crippen LogP contribution < -0.4 is 5.32 Å². The first-order valence-corrected chi connectivity index (χ1v) is 6.45. The predicted molar refractivity (Wildman–Crippen MR) is 74.1 cm³/mol. The van der Waals surface area contributed by atoms with Gasteiger partial charge in [-0.2, -0.15) is 0 Å². The lowest BCUT2D eigenvalue weighted by Gasteiger charge is -2.28. The maximum absolute atomic E-state index is 13.5. The zero-order chi connectivity index (χ0) is 14.8. The number of carbonyl (C=O) groups is 1. The minimum absolute atomic E-state index is 0.0480. The molecule has 0 spiro atoms. The number of ether oxygens (including phenoxy) is 1. The monoisotopic (exact) mass is 307 g/mol. The maximum Gasteiger partial charge on any atom is 0.325 e. The highest BCUT2D eigenvalue weighted by Crippen LogP contribution is 2.33. The minimum atomic E-state index is -0.937. The van der Waals surface area contributed by atoms with Crippen LogP contribution in [0, 0.1) is 5.82 Å². The average Bonchev–Trinajstić information content (AvgIpc) is 2.32.